The van der Waals surface area contributed by atoms with Crippen molar-refractivity contribution in [1.29, 1.82) is 0 Å². The Labute approximate surface area is 157 Å². The minimum Gasteiger partial charge on any atom is -0.481 e. The lowest BCUT2D eigenvalue weighted by atomic mass is 9.87. The molecule has 3 atom stereocenters. The van der Waals surface area contributed by atoms with Crippen LogP contribution in [0.5, 0.6) is 0 Å². The van der Waals surface area contributed by atoms with Gasteiger partial charge in [-0.3, -0.25) is 9.59 Å². The predicted octanol–water partition coefficient (Wildman–Crippen LogP) is 3.87. The van der Waals surface area contributed by atoms with Gasteiger partial charge in [-0.2, -0.15) is 0 Å². The van der Waals surface area contributed by atoms with Crippen molar-refractivity contribution in [2.24, 2.45) is 11.8 Å². The molecule has 5 nitrogen and oxygen atoms in total. The van der Waals surface area contributed by atoms with E-state index >= 15 is 0 Å². The second-order valence-electron chi connectivity index (χ2n) is 7.87. The second kappa shape index (κ2) is 12.2. The summed E-state index contributed by atoms with van der Waals surface area (Å²) in [5.41, 5.74) is -0.859. The SMILES string of the molecule is CC(O)(C=CC1CCC(=O)C1CCCCCCC(=O)O)CCCCCO. The summed E-state index contributed by atoms with van der Waals surface area (Å²) in [6, 6.07) is 0. The van der Waals surface area contributed by atoms with E-state index in [0.717, 1.165) is 51.4 Å². The van der Waals surface area contributed by atoms with Gasteiger partial charge in [0, 0.05) is 25.4 Å². The maximum absolute atomic E-state index is 12.2. The first kappa shape index (κ1) is 22.8. The number of aliphatic hydroxyl groups is 2. The topological polar surface area (TPSA) is 94.8 Å². The molecular formula is C21H36O5. The van der Waals surface area contributed by atoms with Crippen LogP contribution in [0.25, 0.3) is 0 Å². The minimum absolute atomic E-state index is 0.0518. The lowest BCUT2D eigenvalue weighted by molar-refractivity contribution is -0.137. The smallest absolute Gasteiger partial charge is 0.303 e. The normalized spacial score (nSPS) is 22.8. The Morgan fingerprint density at radius 3 is 2.54 bits per heavy atom. The average Bonchev–Trinajstić information content (AvgIpc) is 2.93. The Bertz CT molecular complexity index is 455. The van der Waals surface area contributed by atoms with Crippen molar-refractivity contribution in [1.82, 2.24) is 0 Å². The molecule has 0 saturated heterocycles. The Hall–Kier alpha value is -1.20. The molecule has 5 heteroatoms. The first-order valence-electron chi connectivity index (χ1n) is 10.1. The van der Waals surface area contributed by atoms with Crippen LogP contribution in [0.1, 0.15) is 84.0 Å². The van der Waals surface area contributed by atoms with Crippen LogP contribution in [-0.4, -0.2) is 39.3 Å². The highest BCUT2D eigenvalue weighted by atomic mass is 16.4. The third kappa shape index (κ3) is 9.48. The Morgan fingerprint density at radius 1 is 1.15 bits per heavy atom. The van der Waals surface area contributed by atoms with Gasteiger partial charge in [0.05, 0.1) is 5.60 Å². The van der Waals surface area contributed by atoms with Crippen LogP contribution in [0, 0.1) is 11.8 Å². The van der Waals surface area contributed by atoms with Crippen LogP contribution >= 0.6 is 0 Å². The number of Topliss-reactive ketones (excluding diaryl/α,β-unsaturated/α-hetero) is 1. The fourth-order valence-electron chi connectivity index (χ4n) is 3.72. The third-order valence-electron chi connectivity index (χ3n) is 5.35. The highest BCUT2D eigenvalue weighted by molar-refractivity contribution is 5.83. The number of aliphatic carboxylic acids is 1. The number of hydrogen-bond donors (Lipinski definition) is 3. The highest BCUT2D eigenvalue weighted by Crippen LogP contribution is 2.34. The molecule has 0 aromatic rings. The number of carbonyl (C=O) groups is 2. The molecule has 150 valence electrons. The van der Waals surface area contributed by atoms with Gasteiger partial charge in [-0.25, -0.2) is 0 Å². The largest absolute Gasteiger partial charge is 0.481 e. The van der Waals surface area contributed by atoms with Crippen LogP contribution in [0.15, 0.2) is 12.2 Å². The van der Waals surface area contributed by atoms with E-state index in [0.29, 0.717) is 25.0 Å². The highest BCUT2D eigenvalue weighted by Gasteiger charge is 2.32. The summed E-state index contributed by atoms with van der Waals surface area (Å²) in [7, 11) is 0. The van der Waals surface area contributed by atoms with Crippen LogP contribution in [0.2, 0.25) is 0 Å². The van der Waals surface area contributed by atoms with Gasteiger partial charge in [0.2, 0.25) is 0 Å². The van der Waals surface area contributed by atoms with Gasteiger partial charge in [0.1, 0.15) is 5.78 Å². The van der Waals surface area contributed by atoms with E-state index in [9.17, 15) is 14.7 Å². The molecule has 0 radical (unpaired) electrons. The van der Waals surface area contributed by atoms with E-state index in [1.54, 1.807) is 6.92 Å². The Kier molecular flexibility index (Phi) is 10.7. The zero-order chi connectivity index (χ0) is 19.4. The van der Waals surface area contributed by atoms with E-state index in [4.69, 9.17) is 10.2 Å². The Balaban J connectivity index is 2.37. The zero-order valence-electron chi connectivity index (χ0n) is 16.2. The van der Waals surface area contributed by atoms with E-state index < -0.39 is 11.6 Å². The molecule has 0 amide bonds. The van der Waals surface area contributed by atoms with E-state index in [1.165, 1.54) is 0 Å². The maximum Gasteiger partial charge on any atom is 0.303 e. The van der Waals surface area contributed by atoms with Crippen LogP contribution in [0.3, 0.4) is 0 Å². The minimum atomic E-state index is -0.859. The molecule has 0 bridgehead atoms. The molecule has 3 unspecified atom stereocenters. The molecule has 0 aromatic heterocycles. The molecule has 0 aromatic carbocycles. The number of carboxylic acids is 1. The second-order valence-corrected chi connectivity index (χ2v) is 7.87. The number of ketones is 1. The summed E-state index contributed by atoms with van der Waals surface area (Å²) in [5, 5.41) is 27.9. The zero-order valence-corrected chi connectivity index (χ0v) is 16.2. The molecule has 0 spiro atoms. The summed E-state index contributed by atoms with van der Waals surface area (Å²) >= 11 is 0. The van der Waals surface area contributed by atoms with Gasteiger partial charge in [-0.05, 0) is 44.9 Å². The molecule has 1 fully saturated rings. The van der Waals surface area contributed by atoms with Crippen molar-refractivity contribution >= 4 is 11.8 Å². The first-order chi connectivity index (χ1) is 12.4. The molecule has 1 aliphatic rings. The standard InChI is InChI=1S/C21H36O5/c1-21(26,14-7-4-8-16-22)15-13-17-11-12-19(23)18(17)9-5-2-3-6-10-20(24)25/h13,15,17-18,22,26H,2-12,14,16H2,1H3,(H,24,25). The number of carboxylic acid groups (broad SMARTS) is 1. The van der Waals surface area contributed by atoms with Gasteiger partial charge < -0.3 is 15.3 Å². The van der Waals surface area contributed by atoms with Gasteiger partial charge in [-0.1, -0.05) is 44.3 Å². The quantitative estimate of drug-likeness (QED) is 0.320. The summed E-state index contributed by atoms with van der Waals surface area (Å²) in [5.74, 6) is -0.154. The molecule has 1 saturated carbocycles. The number of aliphatic hydroxyl groups excluding tert-OH is 1. The van der Waals surface area contributed by atoms with Crippen molar-refractivity contribution in [3.8, 4) is 0 Å². The van der Waals surface area contributed by atoms with Gasteiger partial charge in [-0.15, -0.1) is 0 Å². The third-order valence-corrected chi connectivity index (χ3v) is 5.35. The van der Waals surface area contributed by atoms with Crippen molar-refractivity contribution in [3.05, 3.63) is 12.2 Å². The van der Waals surface area contributed by atoms with E-state index in [-0.39, 0.29) is 24.9 Å². The molecule has 3 N–H and O–H groups in total. The summed E-state index contributed by atoms with van der Waals surface area (Å²) in [6.07, 6.45) is 13.2. The van der Waals surface area contributed by atoms with Crippen molar-refractivity contribution in [3.63, 3.8) is 0 Å². The van der Waals surface area contributed by atoms with Crippen LogP contribution < -0.4 is 0 Å². The number of rotatable bonds is 14. The average molecular weight is 369 g/mol. The van der Waals surface area contributed by atoms with E-state index in [2.05, 4.69) is 0 Å². The monoisotopic (exact) mass is 368 g/mol. The van der Waals surface area contributed by atoms with E-state index in [1.807, 2.05) is 12.2 Å². The first-order valence-corrected chi connectivity index (χ1v) is 10.1. The Morgan fingerprint density at radius 2 is 1.85 bits per heavy atom. The summed E-state index contributed by atoms with van der Waals surface area (Å²) in [6.45, 7) is 2.00. The number of allylic oxidation sites excluding steroid dienone is 1. The number of unbranched alkanes of at least 4 members (excludes halogenated alkanes) is 5. The van der Waals surface area contributed by atoms with Crippen LogP contribution in [0.4, 0.5) is 0 Å². The molecular weight excluding hydrogens is 332 g/mol. The molecule has 1 rings (SSSR count). The van der Waals surface area contributed by atoms with Gasteiger partial charge >= 0.3 is 5.97 Å². The van der Waals surface area contributed by atoms with Crippen LogP contribution in [-0.2, 0) is 9.59 Å². The summed E-state index contributed by atoms with van der Waals surface area (Å²) in [4.78, 5) is 22.7. The van der Waals surface area contributed by atoms with Crippen molar-refractivity contribution in [2.75, 3.05) is 6.61 Å². The maximum atomic E-state index is 12.2. The lowest BCUT2D eigenvalue weighted by Gasteiger charge is -2.21. The predicted molar refractivity (Wildman–Crippen MR) is 102 cm³/mol. The van der Waals surface area contributed by atoms with Crippen molar-refractivity contribution < 1.29 is 24.9 Å². The molecule has 0 aliphatic heterocycles. The summed E-state index contributed by atoms with van der Waals surface area (Å²) < 4.78 is 0. The number of hydrogen-bond acceptors (Lipinski definition) is 4. The van der Waals surface area contributed by atoms with Crippen molar-refractivity contribution in [2.45, 2.75) is 89.6 Å². The van der Waals surface area contributed by atoms with Gasteiger partial charge in [0.15, 0.2) is 0 Å². The number of carbonyl (C=O) groups excluding carboxylic acids is 1. The molecule has 1 aliphatic carbocycles. The molecule has 0 heterocycles. The van der Waals surface area contributed by atoms with Gasteiger partial charge in [0.25, 0.3) is 0 Å². The fourth-order valence-corrected chi connectivity index (χ4v) is 3.72. The fraction of sp³-hybridized carbons (Fsp3) is 0.810. The molecule has 26 heavy (non-hydrogen) atoms. The lowest BCUT2D eigenvalue weighted by Crippen LogP contribution is -2.21.